The minimum atomic E-state index is -0.120. The molecule has 51 heavy (non-hydrogen) atoms. The highest BCUT2D eigenvalue weighted by Crippen LogP contribution is 2.52. The molecule has 2 heteroatoms. The molecule has 0 amide bonds. The highest BCUT2D eigenvalue weighted by Gasteiger charge is 2.36. The van der Waals surface area contributed by atoms with Crippen molar-refractivity contribution in [2.45, 2.75) is 19.3 Å². The largest absolute Gasteiger partial charge is 0.309 e. The van der Waals surface area contributed by atoms with E-state index in [1.165, 1.54) is 66.0 Å². The van der Waals surface area contributed by atoms with Crippen molar-refractivity contribution in [1.29, 1.82) is 0 Å². The molecule has 0 saturated heterocycles. The third-order valence-corrected chi connectivity index (χ3v) is 11.0. The zero-order valence-corrected chi connectivity index (χ0v) is 28.7. The predicted octanol–water partition coefficient (Wildman–Crippen LogP) is 13.4. The molecule has 0 spiro atoms. The lowest BCUT2D eigenvalue weighted by Crippen LogP contribution is -2.17. The van der Waals surface area contributed by atoms with Gasteiger partial charge in [0.2, 0.25) is 0 Å². The average Bonchev–Trinajstić information content (AvgIpc) is 3.64. The minimum absolute atomic E-state index is 0.120. The van der Waals surface area contributed by atoms with Crippen molar-refractivity contribution < 1.29 is 0 Å². The Bertz CT molecular complexity index is 2790. The monoisotopic (exact) mass is 652 g/mol. The van der Waals surface area contributed by atoms with Crippen LogP contribution in [-0.2, 0) is 5.41 Å². The van der Waals surface area contributed by atoms with E-state index in [9.17, 15) is 0 Å². The number of benzene rings is 8. The van der Waals surface area contributed by atoms with E-state index in [-0.39, 0.29) is 5.41 Å². The number of para-hydroxylation sites is 2. The lowest BCUT2D eigenvalue weighted by Gasteiger charge is -2.30. The summed E-state index contributed by atoms with van der Waals surface area (Å²) in [5, 5.41) is 4.94. The van der Waals surface area contributed by atoms with Gasteiger partial charge in [0.05, 0.1) is 22.4 Å². The first-order chi connectivity index (χ1) is 25.1. The van der Waals surface area contributed by atoms with E-state index in [4.69, 9.17) is 0 Å². The molecule has 0 bridgehead atoms. The van der Waals surface area contributed by atoms with Crippen molar-refractivity contribution in [2.24, 2.45) is 0 Å². The van der Waals surface area contributed by atoms with E-state index in [2.05, 4.69) is 205 Å². The molecule has 1 aliphatic rings. The van der Waals surface area contributed by atoms with Gasteiger partial charge >= 0.3 is 0 Å². The van der Waals surface area contributed by atoms with E-state index < -0.39 is 0 Å². The number of hydrogen-bond donors (Lipinski definition) is 0. The predicted molar refractivity (Wildman–Crippen MR) is 216 cm³/mol. The summed E-state index contributed by atoms with van der Waals surface area (Å²) >= 11 is 0. The van der Waals surface area contributed by atoms with E-state index in [0.29, 0.717) is 0 Å². The Morgan fingerprint density at radius 1 is 0.451 bits per heavy atom. The van der Waals surface area contributed by atoms with Gasteiger partial charge in [-0.1, -0.05) is 147 Å². The summed E-state index contributed by atoms with van der Waals surface area (Å²) in [4.78, 5) is 2.50. The van der Waals surface area contributed by atoms with Crippen molar-refractivity contribution >= 4 is 49.6 Å². The Labute approximate surface area is 298 Å². The Balaban J connectivity index is 1.28. The third kappa shape index (κ3) is 4.50. The number of fused-ring (bicyclic) bond motifs is 7. The number of hydrogen-bond acceptors (Lipinski definition) is 1. The molecule has 0 radical (unpaired) electrons. The summed E-state index contributed by atoms with van der Waals surface area (Å²) in [5.41, 5.74) is 14.6. The number of rotatable bonds is 5. The smallest absolute Gasteiger partial charge is 0.0562 e. The van der Waals surface area contributed by atoms with Crippen molar-refractivity contribution in [2.75, 3.05) is 4.90 Å². The third-order valence-electron chi connectivity index (χ3n) is 11.0. The lowest BCUT2D eigenvalue weighted by molar-refractivity contribution is 0.660. The maximum absolute atomic E-state index is 2.50. The van der Waals surface area contributed by atoms with Gasteiger partial charge in [-0.15, -0.1) is 0 Å². The molecule has 0 unspecified atom stereocenters. The Morgan fingerprint density at radius 3 is 2.00 bits per heavy atom. The zero-order valence-electron chi connectivity index (χ0n) is 28.7. The quantitative estimate of drug-likeness (QED) is 0.180. The van der Waals surface area contributed by atoms with Crippen LogP contribution < -0.4 is 4.90 Å². The van der Waals surface area contributed by atoms with E-state index in [0.717, 1.165) is 22.7 Å². The topological polar surface area (TPSA) is 8.17 Å². The fourth-order valence-corrected chi connectivity index (χ4v) is 8.55. The molecule has 0 saturated carbocycles. The molecular weight excluding hydrogens is 617 g/mol. The molecular formula is C49H36N2. The Morgan fingerprint density at radius 2 is 1.12 bits per heavy atom. The van der Waals surface area contributed by atoms with Gasteiger partial charge in [-0.05, 0) is 87.1 Å². The van der Waals surface area contributed by atoms with Crippen molar-refractivity contribution in [3.05, 3.63) is 193 Å². The van der Waals surface area contributed by atoms with Gasteiger partial charge in [0.1, 0.15) is 0 Å². The summed E-state index contributed by atoms with van der Waals surface area (Å²) in [6.45, 7) is 4.73. The Kier molecular flexibility index (Phi) is 6.56. The van der Waals surface area contributed by atoms with E-state index >= 15 is 0 Å². The fraction of sp³-hybridized carbons (Fsp3) is 0.0612. The van der Waals surface area contributed by atoms with E-state index in [1.54, 1.807) is 0 Å². The van der Waals surface area contributed by atoms with Gasteiger partial charge in [0.25, 0.3) is 0 Å². The normalized spacial score (nSPS) is 13.1. The molecule has 242 valence electrons. The summed E-state index contributed by atoms with van der Waals surface area (Å²) < 4.78 is 2.43. The van der Waals surface area contributed by atoms with Crippen LogP contribution in [0.25, 0.3) is 60.5 Å². The minimum Gasteiger partial charge on any atom is -0.309 e. The highest BCUT2D eigenvalue weighted by atomic mass is 15.2. The second kappa shape index (κ2) is 11.3. The molecule has 0 fully saturated rings. The summed E-state index contributed by atoms with van der Waals surface area (Å²) in [6.07, 6.45) is 0. The standard InChI is InChI=1S/C49H36N2/c1-49(2)42-22-11-8-20-39(42)40-30-29-37(32-43(40)49)51(44-23-12-9-19-38(44)34-16-4-3-5-17-34)47-26-14-25-46-48(47)41-21-10-13-24-45(41)50(46)36-28-27-33-15-6-7-18-35(33)31-36/h3-32H,1-2H3. The summed E-state index contributed by atoms with van der Waals surface area (Å²) in [6, 6.07) is 66.7. The van der Waals surface area contributed by atoms with Crippen LogP contribution in [0.4, 0.5) is 17.1 Å². The molecule has 0 N–H and O–H groups in total. The van der Waals surface area contributed by atoms with E-state index in [1.807, 2.05) is 0 Å². The second-order valence-electron chi connectivity index (χ2n) is 14.2. The molecule has 2 nitrogen and oxygen atoms in total. The molecule has 8 aromatic carbocycles. The van der Waals surface area contributed by atoms with Gasteiger partial charge < -0.3 is 9.47 Å². The number of aromatic nitrogens is 1. The van der Waals surface area contributed by atoms with Crippen molar-refractivity contribution in [3.63, 3.8) is 0 Å². The van der Waals surface area contributed by atoms with Crippen LogP contribution in [0.3, 0.4) is 0 Å². The first-order valence-corrected chi connectivity index (χ1v) is 17.8. The first-order valence-electron chi connectivity index (χ1n) is 17.8. The number of anilines is 3. The fourth-order valence-electron chi connectivity index (χ4n) is 8.55. The molecule has 9 aromatic rings. The van der Waals surface area contributed by atoms with Crippen LogP contribution in [0.2, 0.25) is 0 Å². The second-order valence-corrected chi connectivity index (χ2v) is 14.2. The maximum atomic E-state index is 2.50. The summed E-state index contributed by atoms with van der Waals surface area (Å²) in [5.74, 6) is 0. The molecule has 0 atom stereocenters. The van der Waals surface area contributed by atoms with Crippen LogP contribution in [0.15, 0.2) is 182 Å². The zero-order chi connectivity index (χ0) is 34.1. The molecule has 1 heterocycles. The van der Waals surface area contributed by atoms with Crippen LogP contribution in [0, 0.1) is 0 Å². The van der Waals surface area contributed by atoms with Crippen LogP contribution >= 0.6 is 0 Å². The molecule has 1 aromatic heterocycles. The molecule has 1 aliphatic carbocycles. The number of nitrogens with zero attached hydrogens (tertiary/aromatic N) is 2. The lowest BCUT2D eigenvalue weighted by atomic mass is 9.82. The van der Waals surface area contributed by atoms with Gasteiger partial charge in [-0.25, -0.2) is 0 Å². The van der Waals surface area contributed by atoms with Crippen LogP contribution in [0.1, 0.15) is 25.0 Å². The maximum Gasteiger partial charge on any atom is 0.0562 e. The van der Waals surface area contributed by atoms with Crippen LogP contribution in [-0.4, -0.2) is 4.57 Å². The molecule has 10 rings (SSSR count). The van der Waals surface area contributed by atoms with Gasteiger partial charge in [0, 0.05) is 33.1 Å². The average molecular weight is 653 g/mol. The van der Waals surface area contributed by atoms with Gasteiger partial charge in [0.15, 0.2) is 0 Å². The SMILES string of the molecule is CC1(C)c2ccccc2-c2ccc(N(c3ccccc3-c3ccccc3)c3cccc4c3c3ccccc3n4-c3ccc4ccccc4c3)cc21. The molecule has 0 aliphatic heterocycles. The Hall–Kier alpha value is -6.38. The summed E-state index contributed by atoms with van der Waals surface area (Å²) in [7, 11) is 0. The van der Waals surface area contributed by atoms with Crippen molar-refractivity contribution in [3.8, 4) is 27.9 Å². The highest BCUT2D eigenvalue weighted by molar-refractivity contribution is 6.17. The van der Waals surface area contributed by atoms with Crippen LogP contribution in [0.5, 0.6) is 0 Å². The van der Waals surface area contributed by atoms with Crippen molar-refractivity contribution in [1.82, 2.24) is 4.57 Å². The van der Waals surface area contributed by atoms with Gasteiger partial charge in [-0.2, -0.15) is 0 Å². The van der Waals surface area contributed by atoms with Gasteiger partial charge in [-0.3, -0.25) is 0 Å². The first kappa shape index (κ1) is 29.5.